The minimum absolute atomic E-state index is 0.192. The van der Waals surface area contributed by atoms with Crippen molar-refractivity contribution in [1.29, 1.82) is 0 Å². The Morgan fingerprint density at radius 3 is 2.67 bits per heavy atom. The number of amides is 4. The van der Waals surface area contributed by atoms with Crippen molar-refractivity contribution in [2.75, 3.05) is 5.32 Å². The van der Waals surface area contributed by atoms with Crippen molar-refractivity contribution in [3.63, 3.8) is 0 Å². The first-order chi connectivity index (χ1) is 18.9. The Morgan fingerprint density at radius 2 is 1.87 bits per heavy atom. The number of carbonyl (C=O) groups excluding carboxylic acids is 4. The van der Waals surface area contributed by atoms with Crippen molar-refractivity contribution in [1.82, 2.24) is 15.2 Å². The molecule has 2 aliphatic heterocycles. The molecule has 39 heavy (non-hydrogen) atoms. The summed E-state index contributed by atoms with van der Waals surface area (Å²) in [6.07, 6.45) is 0.485. The number of imide groups is 1. The molecule has 1 aromatic heterocycles. The molecule has 0 aliphatic carbocycles. The maximum absolute atomic E-state index is 13.2. The van der Waals surface area contributed by atoms with E-state index in [-0.39, 0.29) is 30.7 Å². The molecule has 1 atom stereocenters. The minimum atomic E-state index is -0.691. The number of nitrogens with one attached hydrogen (secondary N) is 3. The number of ether oxygens (including phenoxy) is 1. The van der Waals surface area contributed by atoms with E-state index in [1.807, 2.05) is 42.5 Å². The highest BCUT2D eigenvalue weighted by molar-refractivity contribution is 9.10. The lowest BCUT2D eigenvalue weighted by atomic mass is 10.0. The fourth-order valence-corrected chi connectivity index (χ4v) is 5.44. The first-order valence-electron chi connectivity index (χ1n) is 12.4. The van der Waals surface area contributed by atoms with Crippen molar-refractivity contribution in [2.24, 2.45) is 0 Å². The predicted molar refractivity (Wildman–Crippen MR) is 147 cm³/mol. The Kier molecular flexibility index (Phi) is 6.40. The first kappa shape index (κ1) is 24.9. The standard InChI is InChI=1S/C29H23BrN4O5/c30-21-8-10-24(39-15-16-4-2-1-3-5-16)20-13-22(32-26(20)21)27(36)31-18-6-7-19-17(12-18)14-34(29(19)38)23-9-11-25(35)33-28(23)37/h1-8,10,12-13,23,32H,9,11,14-15H2,(H,31,36)(H,33,35,37). The normalized spacial score (nSPS) is 16.8. The van der Waals surface area contributed by atoms with Crippen LogP contribution < -0.4 is 15.4 Å². The van der Waals surface area contributed by atoms with E-state index in [4.69, 9.17) is 4.74 Å². The van der Waals surface area contributed by atoms with Crippen LogP contribution in [0.1, 0.15) is 44.8 Å². The molecule has 0 radical (unpaired) electrons. The quantitative estimate of drug-likeness (QED) is 0.287. The van der Waals surface area contributed by atoms with Gasteiger partial charge in [-0.25, -0.2) is 0 Å². The van der Waals surface area contributed by atoms with E-state index in [0.29, 0.717) is 41.3 Å². The number of hydrogen-bond donors (Lipinski definition) is 3. The Labute approximate surface area is 231 Å². The van der Waals surface area contributed by atoms with Crippen LogP contribution in [-0.2, 0) is 22.7 Å². The molecule has 3 aromatic carbocycles. The van der Waals surface area contributed by atoms with Crippen LogP contribution >= 0.6 is 15.9 Å². The summed E-state index contributed by atoms with van der Waals surface area (Å²) in [5.41, 5.74) is 3.84. The topological polar surface area (TPSA) is 121 Å². The van der Waals surface area contributed by atoms with Crippen LogP contribution in [0.3, 0.4) is 0 Å². The van der Waals surface area contributed by atoms with Gasteiger partial charge in [-0.2, -0.15) is 0 Å². The van der Waals surface area contributed by atoms with Gasteiger partial charge >= 0.3 is 0 Å². The second kappa shape index (κ2) is 10.0. The third-order valence-corrected chi connectivity index (χ3v) is 7.63. The number of piperidine rings is 1. The van der Waals surface area contributed by atoms with Gasteiger partial charge in [-0.05, 0) is 69.9 Å². The van der Waals surface area contributed by atoms with Crippen molar-refractivity contribution >= 4 is 56.1 Å². The van der Waals surface area contributed by atoms with Gasteiger partial charge in [0.2, 0.25) is 11.8 Å². The third kappa shape index (κ3) is 4.79. The fraction of sp³-hybridized carbons (Fsp3) is 0.172. The number of fused-ring (bicyclic) bond motifs is 2. The molecule has 2 aliphatic rings. The van der Waals surface area contributed by atoms with E-state index in [9.17, 15) is 19.2 Å². The van der Waals surface area contributed by atoms with Gasteiger partial charge in [-0.15, -0.1) is 0 Å². The molecule has 9 nitrogen and oxygen atoms in total. The Morgan fingerprint density at radius 1 is 1.05 bits per heavy atom. The number of halogens is 1. The number of aromatic nitrogens is 1. The summed E-state index contributed by atoms with van der Waals surface area (Å²) in [5, 5.41) is 5.96. The summed E-state index contributed by atoms with van der Waals surface area (Å²) < 4.78 is 6.85. The molecule has 0 bridgehead atoms. The molecule has 4 aromatic rings. The zero-order valence-electron chi connectivity index (χ0n) is 20.6. The third-order valence-electron chi connectivity index (χ3n) is 6.97. The van der Waals surface area contributed by atoms with E-state index >= 15 is 0 Å². The molecule has 6 rings (SSSR count). The van der Waals surface area contributed by atoms with Gasteiger partial charge in [0.05, 0.1) is 5.52 Å². The molecule has 1 saturated heterocycles. The Bertz CT molecular complexity index is 1650. The average Bonchev–Trinajstić information content (AvgIpc) is 3.52. The van der Waals surface area contributed by atoms with Gasteiger partial charge in [-0.3, -0.25) is 24.5 Å². The van der Waals surface area contributed by atoms with E-state index < -0.39 is 11.9 Å². The molecule has 1 unspecified atom stereocenters. The molecule has 0 spiro atoms. The Balaban J connectivity index is 1.19. The molecule has 3 N–H and O–H groups in total. The SMILES string of the molecule is O=C1CCC(N2Cc3cc(NC(=O)c4cc5c(OCc6ccccc6)ccc(Br)c5[nH]4)ccc3C2=O)C(=O)N1. The molecular formula is C29H23BrN4O5. The fourth-order valence-electron chi connectivity index (χ4n) is 4.99. The van der Waals surface area contributed by atoms with E-state index in [2.05, 4.69) is 31.5 Å². The molecule has 196 valence electrons. The number of H-pyrrole nitrogens is 1. The highest BCUT2D eigenvalue weighted by Crippen LogP contribution is 2.34. The summed E-state index contributed by atoms with van der Waals surface area (Å²) in [6, 6.07) is 19.7. The van der Waals surface area contributed by atoms with Crippen LogP contribution in [0, 0.1) is 0 Å². The summed E-state index contributed by atoms with van der Waals surface area (Å²) in [7, 11) is 0. The summed E-state index contributed by atoms with van der Waals surface area (Å²) in [6.45, 7) is 0.625. The van der Waals surface area contributed by atoms with Crippen LogP contribution in [0.4, 0.5) is 5.69 Å². The monoisotopic (exact) mass is 586 g/mol. The zero-order valence-corrected chi connectivity index (χ0v) is 22.2. The minimum Gasteiger partial charge on any atom is -0.488 e. The number of hydrogen-bond acceptors (Lipinski definition) is 5. The molecule has 4 amide bonds. The van der Waals surface area contributed by atoms with Crippen molar-refractivity contribution in [2.45, 2.75) is 32.0 Å². The number of nitrogens with zero attached hydrogens (tertiary/aromatic N) is 1. The lowest BCUT2D eigenvalue weighted by Gasteiger charge is -2.29. The van der Waals surface area contributed by atoms with Crippen LogP contribution in [-0.4, -0.2) is 39.6 Å². The summed E-state index contributed by atoms with van der Waals surface area (Å²) >= 11 is 3.54. The lowest BCUT2D eigenvalue weighted by molar-refractivity contribution is -0.136. The Hall–Kier alpha value is -4.44. The zero-order chi connectivity index (χ0) is 27.1. The number of anilines is 1. The average molecular weight is 587 g/mol. The maximum atomic E-state index is 13.2. The molecule has 0 saturated carbocycles. The van der Waals surface area contributed by atoms with E-state index in [1.54, 1.807) is 24.3 Å². The second-order valence-electron chi connectivity index (χ2n) is 9.52. The molecule has 3 heterocycles. The summed E-state index contributed by atoms with van der Waals surface area (Å²) in [5.74, 6) is -0.751. The van der Waals surface area contributed by atoms with Crippen molar-refractivity contribution < 1.29 is 23.9 Å². The van der Waals surface area contributed by atoms with Crippen LogP contribution in [0.5, 0.6) is 5.75 Å². The first-order valence-corrected chi connectivity index (χ1v) is 13.2. The summed E-state index contributed by atoms with van der Waals surface area (Å²) in [4.78, 5) is 54.5. The van der Waals surface area contributed by atoms with Gasteiger partial charge in [-0.1, -0.05) is 30.3 Å². The van der Waals surface area contributed by atoms with Gasteiger partial charge in [0, 0.05) is 34.1 Å². The number of aromatic amines is 1. The number of carbonyl (C=O) groups is 4. The van der Waals surface area contributed by atoms with Gasteiger partial charge in [0.25, 0.3) is 11.8 Å². The van der Waals surface area contributed by atoms with Gasteiger partial charge in [0.15, 0.2) is 0 Å². The molecule has 10 heteroatoms. The van der Waals surface area contributed by atoms with Crippen LogP contribution in [0.2, 0.25) is 0 Å². The van der Waals surface area contributed by atoms with E-state index in [0.717, 1.165) is 20.9 Å². The number of benzene rings is 3. The number of rotatable bonds is 6. The largest absolute Gasteiger partial charge is 0.488 e. The lowest BCUT2D eigenvalue weighted by Crippen LogP contribution is -2.52. The molecule has 1 fully saturated rings. The highest BCUT2D eigenvalue weighted by atomic mass is 79.9. The van der Waals surface area contributed by atoms with Crippen molar-refractivity contribution in [3.8, 4) is 5.75 Å². The molecular weight excluding hydrogens is 564 g/mol. The van der Waals surface area contributed by atoms with Crippen LogP contribution in [0.25, 0.3) is 10.9 Å². The maximum Gasteiger partial charge on any atom is 0.272 e. The smallest absolute Gasteiger partial charge is 0.272 e. The highest BCUT2D eigenvalue weighted by Gasteiger charge is 2.39. The van der Waals surface area contributed by atoms with Gasteiger partial charge < -0.3 is 19.9 Å². The second-order valence-corrected chi connectivity index (χ2v) is 10.4. The predicted octanol–water partition coefficient (Wildman–Crippen LogP) is 4.52. The van der Waals surface area contributed by atoms with Crippen molar-refractivity contribution in [3.05, 3.63) is 93.6 Å². The van der Waals surface area contributed by atoms with Gasteiger partial charge in [0.1, 0.15) is 24.1 Å². The van der Waals surface area contributed by atoms with E-state index in [1.165, 1.54) is 4.90 Å². The van der Waals surface area contributed by atoms with Crippen LogP contribution in [0.15, 0.2) is 71.2 Å².